The topological polar surface area (TPSA) is 141 Å². The molecule has 12 nitrogen and oxygen atoms in total. The average molecular weight is 710 g/mol. The number of benzene rings is 1. The number of fused-ring (bicyclic) bond motifs is 1. The number of carbonyl (C=O) groups is 2. The highest BCUT2D eigenvalue weighted by Crippen LogP contribution is 2.37. The number of rotatable bonds is 10. The SMILES string of the molecule is CS(=O)(=O)N1CCc2c(c(-c3ccc(C(F)(F)F)c(CNC(=O)c4cscn4)c3)nn2CC(O)CN2CCC(N3CCCC3=O)CC2)C1. The lowest BCUT2D eigenvalue weighted by Crippen LogP contribution is -2.47. The van der Waals surface area contributed by atoms with Crippen molar-refractivity contribution in [1.29, 1.82) is 0 Å². The normalized spacial score (nSPS) is 19.1. The number of carbonyl (C=O) groups excluding carboxylic acids is 2. The van der Waals surface area contributed by atoms with Gasteiger partial charge < -0.3 is 20.2 Å². The Labute approximate surface area is 280 Å². The number of halogens is 3. The number of piperidine rings is 1. The molecule has 2 fully saturated rings. The van der Waals surface area contributed by atoms with E-state index in [2.05, 4.69) is 15.2 Å². The van der Waals surface area contributed by atoms with Gasteiger partial charge in [0.2, 0.25) is 15.9 Å². The van der Waals surface area contributed by atoms with Crippen LogP contribution in [0.25, 0.3) is 11.3 Å². The largest absolute Gasteiger partial charge is 0.416 e. The molecule has 2 saturated heterocycles. The van der Waals surface area contributed by atoms with Gasteiger partial charge in [-0.2, -0.15) is 22.6 Å². The van der Waals surface area contributed by atoms with Gasteiger partial charge in [0.25, 0.3) is 5.91 Å². The van der Waals surface area contributed by atoms with E-state index in [1.807, 2.05) is 4.90 Å². The van der Waals surface area contributed by atoms with E-state index in [1.54, 1.807) is 4.68 Å². The molecular weight excluding hydrogens is 672 g/mol. The maximum atomic E-state index is 14.0. The van der Waals surface area contributed by atoms with Crippen LogP contribution in [0.1, 0.15) is 58.6 Å². The van der Waals surface area contributed by atoms with Gasteiger partial charge in [0, 0.05) is 86.9 Å². The number of aliphatic hydroxyl groups excluding tert-OH is 1. The lowest BCUT2D eigenvalue weighted by Gasteiger charge is -2.37. The fraction of sp³-hybridized carbons (Fsp3) is 0.548. The van der Waals surface area contributed by atoms with Crippen molar-refractivity contribution in [2.75, 3.05) is 39.0 Å². The summed E-state index contributed by atoms with van der Waals surface area (Å²) in [6.45, 7) is 2.55. The summed E-state index contributed by atoms with van der Waals surface area (Å²) in [7, 11) is -3.57. The molecule has 5 heterocycles. The molecule has 0 bridgehead atoms. The molecule has 0 aliphatic carbocycles. The first kappa shape index (κ1) is 34.5. The van der Waals surface area contributed by atoms with E-state index in [0.717, 1.165) is 51.2 Å². The van der Waals surface area contributed by atoms with Crippen LogP contribution in [0.4, 0.5) is 13.2 Å². The highest BCUT2D eigenvalue weighted by Gasteiger charge is 2.36. The van der Waals surface area contributed by atoms with Crippen LogP contribution in [0, 0.1) is 0 Å². The summed E-state index contributed by atoms with van der Waals surface area (Å²) >= 11 is 1.19. The first-order chi connectivity index (χ1) is 22.8. The zero-order valence-corrected chi connectivity index (χ0v) is 28.1. The fourth-order valence-electron chi connectivity index (χ4n) is 6.91. The minimum absolute atomic E-state index is 0.0146. The standard InChI is InChI=1S/C31H38F3N7O5S2/c1-48(45,46)39-12-8-27-24(17-39)29(20-4-5-25(31(32,33)34)21(13-20)14-35-30(44)26-18-47-19-36-26)37-41(27)16-23(42)15-38-10-6-22(7-11-38)40-9-2-3-28(40)43/h4-5,13,18-19,22-23,42H,2-3,6-12,14-17H2,1H3,(H,35,44). The molecule has 1 aromatic carbocycles. The number of hydrogen-bond donors (Lipinski definition) is 2. The first-order valence-electron chi connectivity index (χ1n) is 15.9. The maximum Gasteiger partial charge on any atom is 0.416 e. The number of sulfonamides is 1. The van der Waals surface area contributed by atoms with Crippen molar-refractivity contribution in [1.82, 2.24) is 34.2 Å². The Kier molecular flexibility index (Phi) is 9.95. The van der Waals surface area contributed by atoms with E-state index in [1.165, 1.54) is 38.7 Å². The summed E-state index contributed by atoms with van der Waals surface area (Å²) in [6, 6.07) is 3.78. The lowest BCUT2D eigenvalue weighted by molar-refractivity contribution is -0.138. The third-order valence-corrected chi connectivity index (χ3v) is 11.2. The molecule has 2 N–H and O–H groups in total. The number of aliphatic hydroxyl groups is 1. The molecule has 17 heteroatoms. The Balaban J connectivity index is 1.24. The monoisotopic (exact) mass is 709 g/mol. The van der Waals surface area contributed by atoms with Gasteiger partial charge in [0.05, 0.1) is 35.7 Å². The van der Waals surface area contributed by atoms with Crippen LogP contribution in [0.15, 0.2) is 29.1 Å². The van der Waals surface area contributed by atoms with Crippen LogP contribution in [0.3, 0.4) is 0 Å². The smallest absolute Gasteiger partial charge is 0.390 e. The number of amides is 2. The summed E-state index contributed by atoms with van der Waals surface area (Å²) in [5, 5.41) is 19.9. The van der Waals surface area contributed by atoms with Crippen molar-refractivity contribution in [2.24, 2.45) is 0 Å². The van der Waals surface area contributed by atoms with Crippen molar-refractivity contribution in [3.05, 3.63) is 57.2 Å². The van der Waals surface area contributed by atoms with Crippen LogP contribution in [0.5, 0.6) is 0 Å². The highest BCUT2D eigenvalue weighted by molar-refractivity contribution is 7.88. The quantitative estimate of drug-likeness (QED) is 0.328. The molecule has 3 aliphatic heterocycles. The van der Waals surface area contributed by atoms with Crippen LogP contribution in [-0.2, 0) is 47.0 Å². The zero-order chi connectivity index (χ0) is 34.2. The predicted molar refractivity (Wildman–Crippen MR) is 171 cm³/mol. The molecule has 0 spiro atoms. The third-order valence-electron chi connectivity index (χ3n) is 9.32. The van der Waals surface area contributed by atoms with E-state index in [9.17, 15) is 36.3 Å². The van der Waals surface area contributed by atoms with Crippen molar-refractivity contribution in [3.63, 3.8) is 0 Å². The summed E-state index contributed by atoms with van der Waals surface area (Å²) in [5.74, 6) is -0.397. The van der Waals surface area contributed by atoms with Gasteiger partial charge in [-0.15, -0.1) is 11.3 Å². The Bertz CT molecular complexity index is 1760. The van der Waals surface area contributed by atoms with Gasteiger partial charge in [-0.1, -0.05) is 6.07 Å². The minimum Gasteiger partial charge on any atom is -0.390 e. The number of hydrogen-bond acceptors (Lipinski definition) is 9. The molecule has 1 atom stereocenters. The van der Waals surface area contributed by atoms with Crippen molar-refractivity contribution < 1.29 is 36.3 Å². The molecule has 1 unspecified atom stereocenters. The average Bonchev–Trinajstić information content (AvgIpc) is 3.80. The molecular formula is C31H38F3N7O5S2. The predicted octanol–water partition coefficient (Wildman–Crippen LogP) is 2.72. The zero-order valence-electron chi connectivity index (χ0n) is 26.4. The summed E-state index contributed by atoms with van der Waals surface area (Å²) < 4.78 is 70.0. The summed E-state index contributed by atoms with van der Waals surface area (Å²) in [4.78, 5) is 32.7. The fourth-order valence-corrected chi connectivity index (χ4v) is 8.23. The van der Waals surface area contributed by atoms with Gasteiger partial charge in [0.1, 0.15) is 5.69 Å². The lowest BCUT2D eigenvalue weighted by atomic mass is 9.97. The van der Waals surface area contributed by atoms with Gasteiger partial charge >= 0.3 is 6.18 Å². The van der Waals surface area contributed by atoms with Crippen molar-refractivity contribution in [2.45, 2.75) is 70.1 Å². The Hall–Kier alpha value is -3.38. The number of likely N-dealkylation sites (tertiary alicyclic amines) is 2. The number of alkyl halides is 3. The number of thiazole rings is 1. The number of nitrogens with zero attached hydrogens (tertiary/aromatic N) is 6. The van der Waals surface area contributed by atoms with Gasteiger partial charge in [-0.05, 0) is 37.0 Å². The highest BCUT2D eigenvalue weighted by atomic mass is 32.2. The Morgan fingerprint density at radius 3 is 2.56 bits per heavy atom. The van der Waals surface area contributed by atoms with Crippen molar-refractivity contribution in [3.8, 4) is 11.3 Å². The molecule has 3 aromatic rings. The molecule has 2 aromatic heterocycles. The van der Waals surface area contributed by atoms with E-state index in [4.69, 9.17) is 5.10 Å². The Morgan fingerprint density at radius 2 is 1.92 bits per heavy atom. The summed E-state index contributed by atoms with van der Waals surface area (Å²) in [5.41, 5.74) is 2.39. The van der Waals surface area contributed by atoms with Gasteiger partial charge in [-0.3, -0.25) is 14.3 Å². The van der Waals surface area contributed by atoms with E-state index in [0.29, 0.717) is 41.9 Å². The molecule has 48 heavy (non-hydrogen) atoms. The number of nitrogens with one attached hydrogen (secondary N) is 1. The molecule has 3 aliphatic rings. The number of β-amino-alcohol motifs (C(OH)–C–C–N with tert-alkyl or cyclic N) is 1. The Morgan fingerprint density at radius 1 is 1.15 bits per heavy atom. The van der Waals surface area contributed by atoms with Crippen LogP contribution >= 0.6 is 11.3 Å². The minimum atomic E-state index is -4.69. The maximum absolute atomic E-state index is 14.0. The van der Waals surface area contributed by atoms with E-state index in [-0.39, 0.29) is 42.8 Å². The molecule has 2 amide bonds. The van der Waals surface area contributed by atoms with Crippen LogP contribution in [-0.4, -0.2) is 105 Å². The van der Waals surface area contributed by atoms with E-state index >= 15 is 0 Å². The third kappa shape index (κ3) is 7.59. The van der Waals surface area contributed by atoms with E-state index < -0.39 is 40.3 Å². The second-order valence-electron chi connectivity index (χ2n) is 12.6. The summed E-state index contributed by atoms with van der Waals surface area (Å²) in [6.07, 6.45) is -0.910. The second kappa shape index (κ2) is 13.9. The van der Waals surface area contributed by atoms with Gasteiger partial charge in [-0.25, -0.2) is 13.4 Å². The molecule has 6 rings (SSSR count). The number of aromatic nitrogens is 3. The molecule has 0 radical (unpaired) electrons. The molecule has 260 valence electrons. The van der Waals surface area contributed by atoms with Crippen LogP contribution < -0.4 is 5.32 Å². The second-order valence-corrected chi connectivity index (χ2v) is 15.3. The van der Waals surface area contributed by atoms with Gasteiger partial charge in [0.15, 0.2) is 0 Å². The van der Waals surface area contributed by atoms with Crippen molar-refractivity contribution >= 4 is 33.2 Å². The first-order valence-corrected chi connectivity index (χ1v) is 18.7. The molecule has 0 saturated carbocycles. The van der Waals surface area contributed by atoms with Crippen LogP contribution in [0.2, 0.25) is 0 Å².